The van der Waals surface area contributed by atoms with E-state index in [0.29, 0.717) is 18.9 Å². The van der Waals surface area contributed by atoms with Gasteiger partial charge in [0.1, 0.15) is 11.5 Å². The van der Waals surface area contributed by atoms with E-state index in [1.165, 1.54) is 23.4 Å². The van der Waals surface area contributed by atoms with Crippen LogP contribution in [0, 0.1) is 5.92 Å². The Balaban J connectivity index is 2.49. The first kappa shape index (κ1) is 20.4. The van der Waals surface area contributed by atoms with Crippen molar-refractivity contribution in [2.45, 2.75) is 45.3 Å². The molecule has 2 heterocycles. The fraction of sp³-hybridized carbons (Fsp3) is 0.611. The Bertz CT molecular complexity index is 711. The number of urea groups is 1. The van der Waals surface area contributed by atoms with Crippen LogP contribution in [0.5, 0.6) is 0 Å². The third-order valence-corrected chi connectivity index (χ3v) is 5.96. The largest absolute Gasteiger partial charge is 0.465 e. The van der Waals surface area contributed by atoms with Crippen molar-refractivity contribution in [2.75, 3.05) is 20.7 Å². The molecular weight excluding hydrogens is 354 g/mol. The fourth-order valence-electron chi connectivity index (χ4n) is 2.99. The first-order valence-corrected chi connectivity index (χ1v) is 9.77. The molecule has 2 aliphatic heterocycles. The highest BCUT2D eigenvalue weighted by molar-refractivity contribution is 8.04. The van der Waals surface area contributed by atoms with Crippen LogP contribution >= 0.6 is 11.8 Å². The molecule has 26 heavy (non-hydrogen) atoms. The smallest absolute Gasteiger partial charge is 0.445 e. The van der Waals surface area contributed by atoms with Gasteiger partial charge in [0.2, 0.25) is 0 Å². The maximum absolute atomic E-state index is 12.9. The van der Waals surface area contributed by atoms with Gasteiger partial charge in [-0.2, -0.15) is 9.48 Å². The zero-order chi connectivity index (χ0) is 19.4. The van der Waals surface area contributed by atoms with Crippen molar-refractivity contribution >= 4 is 41.7 Å². The van der Waals surface area contributed by atoms with Crippen molar-refractivity contribution in [1.29, 1.82) is 0 Å². The van der Waals surface area contributed by atoms with Crippen LogP contribution in [0.3, 0.4) is 0 Å². The molecular formula is C18H26N3O4S+. The summed E-state index contributed by atoms with van der Waals surface area (Å²) in [5.41, 5.74) is 0.943. The number of hydrogen-bond donors (Lipinski definition) is 0. The first-order chi connectivity index (χ1) is 12.4. The zero-order valence-corrected chi connectivity index (χ0v) is 16.8. The number of hydrogen-bond acceptors (Lipinski definition) is 6. The maximum Gasteiger partial charge on any atom is 0.445 e. The molecule has 2 unspecified atom stereocenters. The Hall–Kier alpha value is -1.96. The van der Waals surface area contributed by atoms with Crippen LogP contribution < -0.4 is 0 Å². The number of thioether (sulfide) groups is 1. The highest BCUT2D eigenvalue weighted by atomic mass is 32.2. The molecule has 0 bridgehead atoms. The molecule has 3 amide bonds. The van der Waals surface area contributed by atoms with E-state index in [1.54, 1.807) is 20.2 Å². The van der Waals surface area contributed by atoms with Gasteiger partial charge < -0.3 is 4.74 Å². The first-order valence-electron chi connectivity index (χ1n) is 8.89. The monoisotopic (exact) mass is 380 g/mol. The van der Waals surface area contributed by atoms with E-state index in [2.05, 4.69) is 11.9 Å². The Kier molecular flexibility index (Phi) is 6.75. The number of amides is 3. The number of fused-ring (bicyclic) bond motifs is 1. The molecule has 0 aromatic heterocycles. The molecule has 2 rings (SSSR count). The number of esters is 1. The van der Waals surface area contributed by atoms with Gasteiger partial charge in [-0.15, -0.1) is 16.8 Å². The second kappa shape index (κ2) is 8.62. The van der Waals surface area contributed by atoms with E-state index in [4.69, 9.17) is 4.74 Å². The van der Waals surface area contributed by atoms with E-state index < -0.39 is 17.2 Å². The Morgan fingerprint density at radius 3 is 2.65 bits per heavy atom. The number of rotatable bonds is 7. The molecule has 0 saturated carbocycles. The van der Waals surface area contributed by atoms with Gasteiger partial charge in [0.15, 0.2) is 5.92 Å². The van der Waals surface area contributed by atoms with E-state index in [1.807, 2.05) is 6.92 Å². The molecule has 0 aliphatic carbocycles. The maximum atomic E-state index is 12.9. The Morgan fingerprint density at radius 2 is 2.08 bits per heavy atom. The minimum absolute atomic E-state index is 0.284. The minimum Gasteiger partial charge on any atom is -0.465 e. The van der Waals surface area contributed by atoms with Gasteiger partial charge >= 0.3 is 17.9 Å². The van der Waals surface area contributed by atoms with Crippen molar-refractivity contribution in [2.24, 2.45) is 10.9 Å². The topological polar surface area (TPSA) is 79.1 Å². The lowest BCUT2D eigenvalue weighted by molar-refractivity contribution is -0.407. The summed E-state index contributed by atoms with van der Waals surface area (Å²) >= 11 is 1.36. The normalized spacial score (nSPS) is 21.3. The Morgan fingerprint density at radius 1 is 1.38 bits per heavy atom. The van der Waals surface area contributed by atoms with E-state index in [-0.39, 0.29) is 11.9 Å². The summed E-state index contributed by atoms with van der Waals surface area (Å²) in [5.74, 6) is -0.829. The van der Waals surface area contributed by atoms with Crippen LogP contribution in [0.25, 0.3) is 0 Å². The summed E-state index contributed by atoms with van der Waals surface area (Å²) < 4.78 is 6.57. The van der Waals surface area contributed by atoms with Gasteiger partial charge in [-0.3, -0.25) is 9.59 Å². The molecule has 2 aliphatic rings. The molecule has 2 atom stereocenters. The number of nitrogens with zero attached hydrogens (tertiary/aromatic N) is 3. The highest BCUT2D eigenvalue weighted by Crippen LogP contribution is 2.39. The predicted octanol–water partition coefficient (Wildman–Crippen LogP) is 2.45. The Labute approximate surface area is 158 Å². The summed E-state index contributed by atoms with van der Waals surface area (Å²) in [5, 5.41) is -0.398. The standard InChI is InChI=1S/C18H26N3O4S/c1-6-9-11-10-19-15-13(16(22)21(5)18(24)20(15)4)14(11)26-12(7-2)17(23)25-8-3/h10,12-13H,6-9H2,1-5H3/q+1. The van der Waals surface area contributed by atoms with Crippen molar-refractivity contribution in [1.82, 2.24) is 4.90 Å². The molecule has 7 nitrogen and oxygen atoms in total. The van der Waals surface area contributed by atoms with Crippen LogP contribution in [-0.4, -0.2) is 65.4 Å². The van der Waals surface area contributed by atoms with Gasteiger partial charge in [0.25, 0.3) is 5.84 Å². The summed E-state index contributed by atoms with van der Waals surface area (Å²) in [6.45, 7) is 6.06. The van der Waals surface area contributed by atoms with Gasteiger partial charge in [0, 0.05) is 4.91 Å². The van der Waals surface area contributed by atoms with E-state index in [0.717, 1.165) is 28.2 Å². The zero-order valence-electron chi connectivity index (χ0n) is 15.9. The van der Waals surface area contributed by atoms with Gasteiger partial charge in [0.05, 0.1) is 20.7 Å². The molecule has 0 N–H and O–H groups in total. The molecule has 142 valence electrons. The quantitative estimate of drug-likeness (QED) is 0.501. The third kappa shape index (κ3) is 3.75. The number of dihydropyridines is 1. The lowest BCUT2D eigenvalue weighted by Gasteiger charge is -2.29. The number of aliphatic imine (C=N–C) groups is 1. The van der Waals surface area contributed by atoms with Crippen LogP contribution in [0.15, 0.2) is 15.5 Å². The van der Waals surface area contributed by atoms with Crippen LogP contribution in [0.1, 0.15) is 40.0 Å². The van der Waals surface area contributed by atoms with E-state index in [9.17, 15) is 14.4 Å². The predicted molar refractivity (Wildman–Crippen MR) is 102 cm³/mol. The van der Waals surface area contributed by atoms with Crippen molar-refractivity contribution in [3.8, 4) is 0 Å². The number of ether oxygens (including phenoxy) is 1. The molecule has 0 radical (unpaired) electrons. The summed E-state index contributed by atoms with van der Waals surface area (Å²) in [7, 11) is 3.08. The number of carbonyl (C=O) groups is 3. The van der Waals surface area contributed by atoms with Crippen molar-refractivity contribution in [3.05, 3.63) is 10.5 Å². The summed E-state index contributed by atoms with van der Waals surface area (Å²) in [4.78, 5) is 43.7. The molecule has 8 heteroatoms. The lowest BCUT2D eigenvalue weighted by Crippen LogP contribution is -2.53. The average molecular weight is 380 g/mol. The number of carbonyl (C=O) groups excluding carboxylic acids is 3. The summed E-state index contributed by atoms with van der Waals surface area (Å²) in [6, 6.07) is -0.404. The molecule has 0 saturated heterocycles. The van der Waals surface area contributed by atoms with Gasteiger partial charge in [-0.25, -0.2) is 4.79 Å². The summed E-state index contributed by atoms with van der Waals surface area (Å²) in [6.07, 6.45) is 3.95. The number of amidine groups is 1. The van der Waals surface area contributed by atoms with E-state index >= 15 is 0 Å². The molecule has 0 fully saturated rings. The minimum atomic E-state index is -0.650. The third-order valence-electron chi connectivity index (χ3n) is 4.39. The second-order valence-corrected chi connectivity index (χ2v) is 7.44. The number of allylic oxidation sites excluding steroid dienone is 1. The molecule has 0 aromatic rings. The highest BCUT2D eigenvalue weighted by Gasteiger charge is 2.48. The molecule has 0 aromatic carbocycles. The van der Waals surface area contributed by atoms with Crippen molar-refractivity contribution < 1.29 is 23.7 Å². The van der Waals surface area contributed by atoms with Crippen molar-refractivity contribution in [3.63, 3.8) is 0 Å². The average Bonchev–Trinajstić information content (AvgIpc) is 2.63. The number of imide groups is 1. The SMILES string of the molecule is CCCC1=C(SC(CC)C(=O)OCC)C2C(=O)N(C)C(=O)[N+](C)=C2N=C1. The van der Waals surface area contributed by atoms with Gasteiger partial charge in [-0.05, 0) is 25.3 Å². The lowest BCUT2D eigenvalue weighted by atomic mass is 9.96. The molecule has 0 spiro atoms. The van der Waals surface area contributed by atoms with Crippen LogP contribution in [0.4, 0.5) is 4.79 Å². The van der Waals surface area contributed by atoms with Gasteiger partial charge in [-0.1, -0.05) is 20.3 Å². The van der Waals surface area contributed by atoms with Crippen LogP contribution in [0.2, 0.25) is 0 Å². The second-order valence-electron chi connectivity index (χ2n) is 6.19. The van der Waals surface area contributed by atoms with Crippen LogP contribution in [-0.2, 0) is 14.3 Å². The fourth-order valence-corrected chi connectivity index (χ4v) is 4.27.